The summed E-state index contributed by atoms with van der Waals surface area (Å²) in [5.74, 6) is 0.851. The molecular formula is C19H27ClN2O. The van der Waals surface area contributed by atoms with Crippen molar-refractivity contribution >= 4 is 18.3 Å². The second-order valence-corrected chi connectivity index (χ2v) is 7.35. The van der Waals surface area contributed by atoms with E-state index in [1.807, 2.05) is 0 Å². The first kappa shape index (κ1) is 16.8. The molecule has 2 aliphatic carbocycles. The van der Waals surface area contributed by atoms with Crippen molar-refractivity contribution in [2.24, 2.45) is 11.3 Å². The highest BCUT2D eigenvalue weighted by Crippen LogP contribution is 2.44. The molecule has 126 valence electrons. The molecule has 3 nitrogen and oxygen atoms in total. The van der Waals surface area contributed by atoms with Crippen LogP contribution in [0.1, 0.15) is 55.7 Å². The number of carbonyl (C=O) groups excluding carboxylic acids is 1. The Morgan fingerprint density at radius 3 is 2.96 bits per heavy atom. The van der Waals surface area contributed by atoms with Crippen molar-refractivity contribution in [1.82, 2.24) is 10.6 Å². The van der Waals surface area contributed by atoms with E-state index in [1.165, 1.54) is 36.8 Å². The maximum Gasteiger partial charge on any atom is 0.228 e. The van der Waals surface area contributed by atoms with E-state index < -0.39 is 0 Å². The predicted molar refractivity (Wildman–Crippen MR) is 94.8 cm³/mol. The number of hydrogen-bond acceptors (Lipinski definition) is 2. The smallest absolute Gasteiger partial charge is 0.228 e. The van der Waals surface area contributed by atoms with Crippen LogP contribution in [-0.2, 0) is 11.2 Å². The number of carbonyl (C=O) groups is 1. The average Bonchev–Trinajstić information content (AvgIpc) is 3.00. The van der Waals surface area contributed by atoms with Gasteiger partial charge in [-0.05, 0) is 55.7 Å². The second kappa shape index (κ2) is 6.82. The summed E-state index contributed by atoms with van der Waals surface area (Å²) in [4.78, 5) is 13.1. The Hall–Kier alpha value is -1.06. The largest absolute Gasteiger partial charge is 0.349 e. The SMILES string of the molecule is Cl.O=C(NC1CCCc2ccccc21)[C@@]12CCCC[C@H]1CNC2. The number of hydrogen-bond donors (Lipinski definition) is 2. The van der Waals surface area contributed by atoms with E-state index in [1.54, 1.807) is 0 Å². The van der Waals surface area contributed by atoms with Gasteiger partial charge in [-0.1, -0.05) is 37.1 Å². The van der Waals surface area contributed by atoms with Gasteiger partial charge in [0.1, 0.15) is 0 Å². The lowest BCUT2D eigenvalue weighted by Gasteiger charge is -2.39. The van der Waals surface area contributed by atoms with Crippen LogP contribution in [0.15, 0.2) is 24.3 Å². The standard InChI is InChI=1S/C19H26N2O.ClH/c22-18(19-11-4-3-8-15(19)12-20-13-19)21-17-10-5-7-14-6-1-2-9-16(14)17;/h1-2,6,9,15,17,20H,3-5,7-8,10-13H2,(H,21,22);1H/t15-,17?,19+;/m0./s1. The molecule has 0 spiro atoms. The van der Waals surface area contributed by atoms with Gasteiger partial charge < -0.3 is 10.6 Å². The van der Waals surface area contributed by atoms with Crippen molar-refractivity contribution in [3.63, 3.8) is 0 Å². The zero-order chi connectivity index (χ0) is 15.0. The van der Waals surface area contributed by atoms with Crippen LogP contribution >= 0.6 is 12.4 Å². The van der Waals surface area contributed by atoms with E-state index in [4.69, 9.17) is 0 Å². The van der Waals surface area contributed by atoms with Crippen molar-refractivity contribution in [3.8, 4) is 0 Å². The van der Waals surface area contributed by atoms with E-state index in [9.17, 15) is 4.79 Å². The number of amides is 1. The minimum absolute atomic E-state index is 0. The topological polar surface area (TPSA) is 41.1 Å². The molecule has 1 amide bonds. The maximum atomic E-state index is 13.1. The highest BCUT2D eigenvalue weighted by molar-refractivity contribution is 5.85. The molecule has 3 aliphatic rings. The summed E-state index contributed by atoms with van der Waals surface area (Å²) in [7, 11) is 0. The Morgan fingerprint density at radius 1 is 1.17 bits per heavy atom. The van der Waals surface area contributed by atoms with Crippen molar-refractivity contribution in [1.29, 1.82) is 0 Å². The molecule has 4 rings (SSSR count). The van der Waals surface area contributed by atoms with Gasteiger partial charge >= 0.3 is 0 Å². The van der Waals surface area contributed by atoms with Crippen molar-refractivity contribution in [3.05, 3.63) is 35.4 Å². The van der Waals surface area contributed by atoms with Crippen LogP contribution in [0.25, 0.3) is 0 Å². The zero-order valence-corrected chi connectivity index (χ0v) is 14.5. The summed E-state index contributed by atoms with van der Waals surface area (Å²) < 4.78 is 0. The molecule has 2 fully saturated rings. The molecule has 0 aromatic heterocycles. The van der Waals surface area contributed by atoms with Gasteiger partial charge in [0, 0.05) is 6.54 Å². The number of nitrogens with one attached hydrogen (secondary N) is 2. The highest BCUT2D eigenvalue weighted by Gasteiger charge is 2.50. The van der Waals surface area contributed by atoms with Crippen LogP contribution < -0.4 is 10.6 Å². The predicted octanol–water partition coefficient (Wildman–Crippen LogP) is 3.38. The third-order valence-electron chi connectivity index (χ3n) is 6.17. The third kappa shape index (κ3) is 2.89. The van der Waals surface area contributed by atoms with Crippen LogP contribution in [0.4, 0.5) is 0 Å². The van der Waals surface area contributed by atoms with Gasteiger partial charge in [0.05, 0.1) is 11.5 Å². The third-order valence-corrected chi connectivity index (χ3v) is 6.17. The average molecular weight is 335 g/mol. The van der Waals surface area contributed by atoms with Crippen LogP contribution in [0.2, 0.25) is 0 Å². The van der Waals surface area contributed by atoms with Crippen LogP contribution in [-0.4, -0.2) is 19.0 Å². The summed E-state index contributed by atoms with van der Waals surface area (Å²) in [6, 6.07) is 8.84. The number of halogens is 1. The molecule has 3 atom stereocenters. The van der Waals surface area contributed by atoms with Crippen molar-refractivity contribution < 1.29 is 4.79 Å². The molecule has 1 saturated heterocycles. The van der Waals surface area contributed by atoms with Gasteiger partial charge in [0.15, 0.2) is 0 Å². The maximum absolute atomic E-state index is 13.1. The molecule has 23 heavy (non-hydrogen) atoms. The Morgan fingerprint density at radius 2 is 2.04 bits per heavy atom. The van der Waals surface area contributed by atoms with E-state index in [-0.39, 0.29) is 23.9 Å². The van der Waals surface area contributed by atoms with Gasteiger partial charge in [0.2, 0.25) is 5.91 Å². The molecule has 0 bridgehead atoms. The van der Waals surface area contributed by atoms with Gasteiger partial charge in [0.25, 0.3) is 0 Å². The molecule has 2 N–H and O–H groups in total. The van der Waals surface area contributed by atoms with Crippen molar-refractivity contribution in [2.45, 2.75) is 51.0 Å². The first-order chi connectivity index (χ1) is 10.8. The van der Waals surface area contributed by atoms with Crippen LogP contribution in [0, 0.1) is 11.3 Å². The van der Waals surface area contributed by atoms with Gasteiger partial charge in [-0.25, -0.2) is 0 Å². The number of benzene rings is 1. The Labute approximate surface area is 145 Å². The van der Waals surface area contributed by atoms with Crippen LogP contribution in [0.3, 0.4) is 0 Å². The van der Waals surface area contributed by atoms with Gasteiger partial charge in [-0.2, -0.15) is 0 Å². The summed E-state index contributed by atoms with van der Waals surface area (Å²) >= 11 is 0. The monoisotopic (exact) mass is 334 g/mol. The van der Waals surface area contributed by atoms with Gasteiger partial charge in [-0.15, -0.1) is 12.4 Å². The second-order valence-electron chi connectivity index (χ2n) is 7.35. The molecule has 1 aromatic carbocycles. The Kier molecular flexibility index (Phi) is 4.98. The fraction of sp³-hybridized carbons (Fsp3) is 0.632. The number of aryl methyl sites for hydroxylation is 1. The number of rotatable bonds is 2. The summed E-state index contributed by atoms with van der Waals surface area (Å²) in [5, 5.41) is 6.91. The molecule has 1 saturated carbocycles. The van der Waals surface area contributed by atoms with Gasteiger partial charge in [-0.3, -0.25) is 4.79 Å². The molecule has 1 aliphatic heterocycles. The Bertz CT molecular complexity index is 576. The highest BCUT2D eigenvalue weighted by atomic mass is 35.5. The molecular weight excluding hydrogens is 308 g/mol. The summed E-state index contributed by atoms with van der Waals surface area (Å²) in [6.07, 6.45) is 8.17. The fourth-order valence-corrected chi connectivity index (χ4v) is 4.90. The van der Waals surface area contributed by atoms with Crippen LogP contribution in [0.5, 0.6) is 0 Å². The number of fused-ring (bicyclic) bond motifs is 2. The molecule has 1 unspecified atom stereocenters. The Balaban J connectivity index is 0.00000156. The normalized spacial score (nSPS) is 32.3. The molecule has 0 radical (unpaired) electrons. The van der Waals surface area contributed by atoms with E-state index >= 15 is 0 Å². The van der Waals surface area contributed by atoms with E-state index in [0.717, 1.165) is 32.4 Å². The lowest BCUT2D eigenvalue weighted by Crippen LogP contribution is -2.49. The molecule has 4 heteroatoms. The molecule has 1 heterocycles. The molecule has 1 aromatic rings. The lowest BCUT2D eigenvalue weighted by atomic mass is 9.67. The van der Waals surface area contributed by atoms with Crippen molar-refractivity contribution in [2.75, 3.05) is 13.1 Å². The fourth-order valence-electron chi connectivity index (χ4n) is 4.90. The summed E-state index contributed by atoms with van der Waals surface area (Å²) in [6.45, 7) is 1.90. The lowest BCUT2D eigenvalue weighted by molar-refractivity contribution is -0.135. The van der Waals surface area contributed by atoms with E-state index in [0.29, 0.717) is 11.8 Å². The first-order valence-electron chi connectivity index (χ1n) is 8.89. The first-order valence-corrected chi connectivity index (χ1v) is 8.89. The van der Waals surface area contributed by atoms with E-state index in [2.05, 4.69) is 34.9 Å². The quantitative estimate of drug-likeness (QED) is 0.870. The minimum Gasteiger partial charge on any atom is -0.349 e. The zero-order valence-electron chi connectivity index (χ0n) is 13.6. The summed E-state index contributed by atoms with van der Waals surface area (Å²) in [5.41, 5.74) is 2.63. The minimum atomic E-state index is -0.134.